The molecule has 0 unspecified atom stereocenters. The number of ether oxygens (including phenoxy) is 2. The molecule has 0 aromatic heterocycles. The molecule has 0 N–H and O–H groups in total. The Bertz CT molecular complexity index is 300. The van der Waals surface area contributed by atoms with Crippen molar-refractivity contribution >= 4 is 34.8 Å². The van der Waals surface area contributed by atoms with Crippen LogP contribution in [0.15, 0.2) is 24.3 Å². The fraction of sp³-hybridized carbons (Fsp3) is 0.400. The summed E-state index contributed by atoms with van der Waals surface area (Å²) in [5.74, 6) is 0. The highest BCUT2D eigenvalue weighted by molar-refractivity contribution is 9.23. The van der Waals surface area contributed by atoms with Crippen molar-refractivity contribution in [3.05, 3.63) is 29.8 Å². The van der Waals surface area contributed by atoms with Crippen molar-refractivity contribution in [2.24, 2.45) is 0 Å². The summed E-state index contributed by atoms with van der Waals surface area (Å²) in [5.41, 5.74) is 1.15. The molecule has 0 atom stereocenters. The van der Waals surface area contributed by atoms with Gasteiger partial charge in [-0.2, -0.15) is 3.69 Å². The third kappa shape index (κ3) is 2.70. The van der Waals surface area contributed by atoms with E-state index in [0.29, 0.717) is 0 Å². The van der Waals surface area contributed by atoms with Gasteiger partial charge < -0.3 is 9.47 Å². The predicted molar refractivity (Wildman–Crippen MR) is 60.0 cm³/mol. The molecule has 2 rings (SSSR count). The molecular formula is C10H11BrMgO2. The van der Waals surface area contributed by atoms with E-state index in [-0.39, 0.29) is 24.5 Å². The van der Waals surface area contributed by atoms with E-state index < -0.39 is 0 Å². The summed E-state index contributed by atoms with van der Waals surface area (Å²) in [6.07, 6.45) is 0.861. The van der Waals surface area contributed by atoms with Crippen LogP contribution in [0.2, 0.25) is 0 Å². The molecule has 1 fully saturated rings. The Morgan fingerprint density at radius 3 is 2.79 bits per heavy atom. The number of hydrogen-bond acceptors (Lipinski definition) is 2. The van der Waals surface area contributed by atoms with Crippen LogP contribution in [0.5, 0.6) is 0 Å². The Hall–Kier alpha value is 0.386. The third-order valence-corrected chi connectivity index (χ3v) is 4.90. The molecule has 2 nitrogen and oxygen atoms in total. The average Bonchev–Trinajstić information content (AvgIpc) is 2.30. The lowest BCUT2D eigenvalue weighted by Crippen LogP contribution is -2.19. The summed E-state index contributed by atoms with van der Waals surface area (Å²) < 4.78 is 12.5. The Morgan fingerprint density at radius 2 is 2.07 bits per heavy atom. The maximum atomic E-state index is 5.54. The first-order valence-corrected chi connectivity index (χ1v) is 9.39. The molecular weight excluding hydrogens is 256 g/mol. The van der Waals surface area contributed by atoms with Crippen LogP contribution in [0.4, 0.5) is 0 Å². The first-order chi connectivity index (χ1) is 6.90. The minimum atomic E-state index is -0.264. The maximum Gasteiger partial charge on any atom is 0.506 e. The Kier molecular flexibility index (Phi) is 4.25. The van der Waals surface area contributed by atoms with Crippen LogP contribution in [0.25, 0.3) is 0 Å². The fourth-order valence-corrected chi connectivity index (χ4v) is 3.09. The summed E-state index contributed by atoms with van der Waals surface area (Å²) in [4.78, 5) is 0. The van der Waals surface area contributed by atoms with Gasteiger partial charge >= 0.3 is 18.2 Å². The van der Waals surface area contributed by atoms with Gasteiger partial charge in [-0.15, -0.1) is 0 Å². The van der Waals surface area contributed by atoms with Crippen LogP contribution in [0.1, 0.15) is 18.3 Å². The van der Waals surface area contributed by atoms with E-state index in [9.17, 15) is 0 Å². The van der Waals surface area contributed by atoms with Gasteiger partial charge in [-0.05, 0) is 6.42 Å². The second-order valence-corrected chi connectivity index (χ2v) is 6.07. The zero-order valence-corrected chi connectivity index (χ0v) is 10.9. The molecule has 1 aliphatic heterocycles. The van der Waals surface area contributed by atoms with E-state index in [1.54, 1.807) is 0 Å². The van der Waals surface area contributed by atoms with Crippen LogP contribution < -0.4 is 3.69 Å². The molecule has 1 aromatic carbocycles. The first kappa shape index (κ1) is 10.9. The molecule has 1 aliphatic rings. The zero-order valence-electron chi connectivity index (χ0n) is 7.91. The Labute approximate surface area is 99.6 Å². The van der Waals surface area contributed by atoms with Crippen LogP contribution >= 0.6 is 12.9 Å². The van der Waals surface area contributed by atoms with Crippen LogP contribution in [0.3, 0.4) is 0 Å². The molecule has 1 saturated heterocycles. The highest BCUT2D eigenvalue weighted by Gasteiger charge is 2.16. The summed E-state index contributed by atoms with van der Waals surface area (Å²) >= 11 is 3.31. The minimum Gasteiger partial charge on any atom is -0.348 e. The highest BCUT2D eigenvalue weighted by atomic mass is 79.9. The lowest BCUT2D eigenvalue weighted by molar-refractivity contribution is -0.182. The number of hydrogen-bond donors (Lipinski definition) is 0. The van der Waals surface area contributed by atoms with Crippen molar-refractivity contribution in [2.45, 2.75) is 12.7 Å². The van der Waals surface area contributed by atoms with Crippen LogP contribution in [0, 0.1) is 0 Å². The van der Waals surface area contributed by atoms with E-state index in [1.807, 2.05) is 0 Å². The predicted octanol–water partition coefficient (Wildman–Crippen LogP) is 1.76. The van der Waals surface area contributed by atoms with Crippen molar-refractivity contribution in [2.75, 3.05) is 13.2 Å². The van der Waals surface area contributed by atoms with E-state index >= 15 is 0 Å². The van der Waals surface area contributed by atoms with Gasteiger partial charge in [0.25, 0.3) is 0 Å². The lowest BCUT2D eigenvalue weighted by atomic mass is 10.2. The number of rotatable bonds is 2. The van der Waals surface area contributed by atoms with Crippen molar-refractivity contribution < 1.29 is 9.47 Å². The standard InChI is InChI=1S/C10H11O2.BrH.Mg/c1-2-5-9(6-3-1)10-11-7-4-8-12-10;;/h1-2,5-6,10H,4,7-8H2;1H;/q;;+1/p-1. The van der Waals surface area contributed by atoms with Crippen molar-refractivity contribution in [1.82, 2.24) is 0 Å². The molecule has 4 heteroatoms. The van der Waals surface area contributed by atoms with Crippen LogP contribution in [-0.2, 0) is 9.47 Å². The number of benzene rings is 1. The zero-order chi connectivity index (χ0) is 9.80. The summed E-state index contributed by atoms with van der Waals surface area (Å²) in [5, 5.41) is 0. The molecule has 1 heterocycles. The maximum absolute atomic E-state index is 5.54. The van der Waals surface area contributed by atoms with Gasteiger partial charge in [-0.1, -0.05) is 24.3 Å². The van der Waals surface area contributed by atoms with E-state index in [2.05, 4.69) is 37.1 Å². The largest absolute Gasteiger partial charge is 0.506 e. The van der Waals surface area contributed by atoms with Gasteiger partial charge in [0.15, 0.2) is 6.29 Å². The molecule has 0 saturated carbocycles. The molecule has 14 heavy (non-hydrogen) atoms. The van der Waals surface area contributed by atoms with Crippen molar-refractivity contribution in [1.29, 1.82) is 0 Å². The lowest BCUT2D eigenvalue weighted by Gasteiger charge is -2.23. The Morgan fingerprint density at radius 1 is 1.29 bits per heavy atom. The third-order valence-electron chi connectivity index (χ3n) is 2.20. The quantitative estimate of drug-likeness (QED) is 0.760. The molecule has 72 valence electrons. The summed E-state index contributed by atoms with van der Waals surface area (Å²) in [6.45, 7) is 1.61. The molecule has 0 amide bonds. The topological polar surface area (TPSA) is 18.5 Å². The fourth-order valence-electron chi connectivity index (χ4n) is 1.50. The number of halogens is 1. The highest BCUT2D eigenvalue weighted by Crippen LogP contribution is 2.21. The van der Waals surface area contributed by atoms with Crippen LogP contribution in [-0.4, -0.2) is 31.4 Å². The van der Waals surface area contributed by atoms with E-state index in [1.165, 1.54) is 3.69 Å². The van der Waals surface area contributed by atoms with Gasteiger partial charge in [0, 0.05) is 5.56 Å². The minimum absolute atomic E-state index is 0.142. The van der Waals surface area contributed by atoms with Gasteiger partial charge in [0.05, 0.1) is 13.2 Å². The van der Waals surface area contributed by atoms with Gasteiger partial charge in [0.2, 0.25) is 0 Å². The van der Waals surface area contributed by atoms with Crippen molar-refractivity contribution in [3.8, 4) is 0 Å². The summed E-state index contributed by atoms with van der Waals surface area (Å²) in [6, 6.07) is 8.46. The molecule has 0 radical (unpaired) electrons. The molecule has 0 bridgehead atoms. The normalized spacial score (nSPS) is 17.8. The smallest absolute Gasteiger partial charge is 0.348 e. The summed E-state index contributed by atoms with van der Waals surface area (Å²) in [7, 11) is 0. The first-order valence-electron chi connectivity index (χ1n) is 4.78. The van der Waals surface area contributed by atoms with Gasteiger partial charge in [-0.25, -0.2) is 0 Å². The van der Waals surface area contributed by atoms with Gasteiger partial charge in [-0.3, -0.25) is 12.9 Å². The van der Waals surface area contributed by atoms with E-state index in [4.69, 9.17) is 9.47 Å². The molecule has 0 spiro atoms. The Balaban J connectivity index is 2.13. The van der Waals surface area contributed by atoms with Gasteiger partial charge in [0.1, 0.15) is 0 Å². The monoisotopic (exact) mass is 266 g/mol. The van der Waals surface area contributed by atoms with E-state index in [0.717, 1.165) is 25.2 Å². The molecule has 0 aliphatic carbocycles. The average molecular weight is 267 g/mol. The van der Waals surface area contributed by atoms with Crippen molar-refractivity contribution in [3.63, 3.8) is 0 Å². The second-order valence-electron chi connectivity index (χ2n) is 3.31. The SMILES string of the molecule is [Br][Mg][c]1cccc(C2OCCCO2)c1. The second kappa shape index (κ2) is 5.46. The molecule has 1 aromatic rings.